The Kier molecular flexibility index (Phi) is 3.25. The third kappa shape index (κ3) is 2.79. The van der Waals surface area contributed by atoms with Crippen molar-refractivity contribution in [2.45, 2.75) is 19.8 Å². The van der Waals surface area contributed by atoms with Crippen LogP contribution in [0.5, 0.6) is 5.75 Å². The standard InChI is InChI=1S/C11H12FNO4S/c1-8(14)13-6-2-3-9-7-10(4-5-11(9)13)17-18(12,15)16/h4-5,7H,2-3,6H2,1H3. The third-order valence-corrected chi connectivity index (χ3v) is 3.14. The zero-order valence-electron chi connectivity index (χ0n) is 9.72. The Morgan fingerprint density at radius 3 is 2.78 bits per heavy atom. The number of rotatable bonds is 2. The molecule has 1 heterocycles. The molecule has 0 saturated heterocycles. The second-order valence-electron chi connectivity index (χ2n) is 4.04. The Morgan fingerprint density at radius 1 is 1.44 bits per heavy atom. The van der Waals surface area contributed by atoms with Crippen molar-refractivity contribution in [2.24, 2.45) is 0 Å². The lowest BCUT2D eigenvalue weighted by Crippen LogP contribution is -2.33. The van der Waals surface area contributed by atoms with E-state index < -0.39 is 10.5 Å². The van der Waals surface area contributed by atoms with E-state index in [9.17, 15) is 17.1 Å². The molecule has 98 valence electrons. The highest BCUT2D eigenvalue weighted by atomic mass is 32.3. The summed E-state index contributed by atoms with van der Waals surface area (Å²) in [5.74, 6) is -0.163. The average Bonchev–Trinajstić information content (AvgIpc) is 2.25. The van der Waals surface area contributed by atoms with Crippen LogP contribution in [-0.2, 0) is 21.7 Å². The number of anilines is 1. The van der Waals surface area contributed by atoms with Crippen LogP contribution in [-0.4, -0.2) is 20.9 Å². The van der Waals surface area contributed by atoms with Gasteiger partial charge in [-0.25, -0.2) is 0 Å². The van der Waals surface area contributed by atoms with E-state index in [-0.39, 0.29) is 11.7 Å². The van der Waals surface area contributed by atoms with Crippen LogP contribution in [0.1, 0.15) is 18.9 Å². The van der Waals surface area contributed by atoms with E-state index in [1.54, 1.807) is 11.0 Å². The van der Waals surface area contributed by atoms with E-state index in [1.807, 2.05) is 0 Å². The minimum Gasteiger partial charge on any atom is -0.358 e. The second kappa shape index (κ2) is 4.56. The van der Waals surface area contributed by atoms with Gasteiger partial charge in [0.25, 0.3) is 0 Å². The molecule has 1 aliphatic heterocycles. The predicted octanol–water partition coefficient (Wildman–Crippen LogP) is 1.58. The fourth-order valence-corrected chi connectivity index (χ4v) is 2.40. The number of nitrogens with zero attached hydrogens (tertiary/aromatic N) is 1. The molecule has 0 aromatic heterocycles. The molecule has 1 aliphatic rings. The van der Waals surface area contributed by atoms with Crippen molar-refractivity contribution >= 4 is 22.1 Å². The van der Waals surface area contributed by atoms with Gasteiger partial charge in [0.1, 0.15) is 5.75 Å². The highest BCUT2D eigenvalue weighted by Crippen LogP contribution is 2.31. The summed E-state index contributed by atoms with van der Waals surface area (Å²) in [5.41, 5.74) is 1.50. The first-order valence-electron chi connectivity index (χ1n) is 5.42. The number of halogens is 1. The van der Waals surface area contributed by atoms with Crippen LogP contribution in [0.25, 0.3) is 0 Å². The highest BCUT2D eigenvalue weighted by Gasteiger charge is 2.21. The predicted molar refractivity (Wildman–Crippen MR) is 63.4 cm³/mol. The maximum atomic E-state index is 12.4. The van der Waals surface area contributed by atoms with Crippen molar-refractivity contribution < 1.29 is 21.3 Å². The number of hydrogen-bond acceptors (Lipinski definition) is 4. The molecule has 0 saturated carbocycles. The van der Waals surface area contributed by atoms with Crippen molar-refractivity contribution in [2.75, 3.05) is 11.4 Å². The van der Waals surface area contributed by atoms with E-state index in [2.05, 4.69) is 4.18 Å². The molecule has 0 fully saturated rings. The van der Waals surface area contributed by atoms with Crippen LogP contribution in [0, 0.1) is 0 Å². The molecule has 18 heavy (non-hydrogen) atoms. The summed E-state index contributed by atoms with van der Waals surface area (Å²) in [7, 11) is -5.01. The van der Waals surface area contributed by atoms with E-state index >= 15 is 0 Å². The van der Waals surface area contributed by atoms with Crippen molar-refractivity contribution in [3.8, 4) is 5.75 Å². The van der Waals surface area contributed by atoms with Crippen molar-refractivity contribution in [3.05, 3.63) is 23.8 Å². The van der Waals surface area contributed by atoms with Gasteiger partial charge in [0.05, 0.1) is 0 Å². The molecule has 2 rings (SSSR count). The Morgan fingerprint density at radius 2 is 2.17 bits per heavy atom. The van der Waals surface area contributed by atoms with Crippen LogP contribution in [0.3, 0.4) is 0 Å². The van der Waals surface area contributed by atoms with Crippen molar-refractivity contribution in [1.29, 1.82) is 0 Å². The topological polar surface area (TPSA) is 63.7 Å². The number of benzene rings is 1. The summed E-state index contributed by atoms with van der Waals surface area (Å²) >= 11 is 0. The average molecular weight is 273 g/mol. The van der Waals surface area contributed by atoms with Gasteiger partial charge in [0.2, 0.25) is 5.91 Å². The zero-order valence-corrected chi connectivity index (χ0v) is 10.5. The lowest BCUT2D eigenvalue weighted by atomic mass is 10.0. The molecule has 7 heteroatoms. The molecule has 1 aromatic rings. The first-order chi connectivity index (χ1) is 8.37. The normalized spacial score (nSPS) is 15.1. The first-order valence-corrected chi connectivity index (χ1v) is 6.73. The maximum absolute atomic E-state index is 12.4. The lowest BCUT2D eigenvalue weighted by molar-refractivity contribution is -0.116. The second-order valence-corrected chi connectivity index (χ2v) is 4.99. The molecule has 1 aromatic carbocycles. The van der Waals surface area contributed by atoms with Gasteiger partial charge in [-0.15, -0.1) is 0 Å². The summed E-state index contributed by atoms with van der Waals surface area (Å²) < 4.78 is 37.3. The van der Waals surface area contributed by atoms with Gasteiger partial charge >= 0.3 is 10.5 Å². The Bertz CT molecular complexity index is 585. The molecule has 1 amide bonds. The minimum atomic E-state index is -5.01. The SMILES string of the molecule is CC(=O)N1CCCc2cc(OS(=O)(=O)F)ccc21. The molecular formula is C11H12FNO4S. The molecular weight excluding hydrogens is 261 g/mol. The fraction of sp³-hybridized carbons (Fsp3) is 0.364. The maximum Gasteiger partial charge on any atom is 0.488 e. The number of aryl methyl sites for hydroxylation is 1. The van der Waals surface area contributed by atoms with Crippen LogP contribution in [0.15, 0.2) is 18.2 Å². The van der Waals surface area contributed by atoms with Gasteiger partial charge in [0.15, 0.2) is 0 Å². The summed E-state index contributed by atoms with van der Waals surface area (Å²) in [4.78, 5) is 13.0. The van der Waals surface area contributed by atoms with E-state index in [4.69, 9.17) is 0 Å². The van der Waals surface area contributed by atoms with Gasteiger partial charge in [-0.1, -0.05) is 3.89 Å². The first kappa shape index (κ1) is 12.8. The van der Waals surface area contributed by atoms with Gasteiger partial charge in [-0.2, -0.15) is 8.42 Å². The molecule has 0 aliphatic carbocycles. The molecule has 5 nitrogen and oxygen atoms in total. The van der Waals surface area contributed by atoms with Crippen LogP contribution >= 0.6 is 0 Å². The monoisotopic (exact) mass is 273 g/mol. The smallest absolute Gasteiger partial charge is 0.358 e. The lowest BCUT2D eigenvalue weighted by Gasteiger charge is -2.28. The van der Waals surface area contributed by atoms with Gasteiger partial charge in [0, 0.05) is 19.2 Å². The molecule has 0 radical (unpaired) electrons. The fourth-order valence-electron chi connectivity index (χ4n) is 2.07. The molecule has 0 spiro atoms. The Hall–Kier alpha value is -1.63. The number of hydrogen-bond donors (Lipinski definition) is 0. The highest BCUT2D eigenvalue weighted by molar-refractivity contribution is 7.81. The van der Waals surface area contributed by atoms with Crippen LogP contribution in [0.4, 0.5) is 9.57 Å². The number of fused-ring (bicyclic) bond motifs is 1. The van der Waals surface area contributed by atoms with E-state index in [1.165, 1.54) is 19.1 Å². The summed E-state index contributed by atoms with van der Waals surface area (Å²) in [5, 5.41) is 0. The largest absolute Gasteiger partial charge is 0.488 e. The van der Waals surface area contributed by atoms with Gasteiger partial charge in [-0.3, -0.25) is 4.79 Å². The molecule has 0 bridgehead atoms. The quantitative estimate of drug-likeness (QED) is 0.767. The van der Waals surface area contributed by atoms with Gasteiger partial charge < -0.3 is 9.08 Å². The Labute approximate surface area is 105 Å². The number of carbonyl (C=O) groups is 1. The van der Waals surface area contributed by atoms with Crippen molar-refractivity contribution in [1.82, 2.24) is 0 Å². The molecule has 0 N–H and O–H groups in total. The number of carbonyl (C=O) groups excluding carboxylic acids is 1. The zero-order chi connectivity index (χ0) is 13.3. The van der Waals surface area contributed by atoms with Crippen LogP contribution < -0.4 is 9.08 Å². The molecule has 0 atom stereocenters. The van der Waals surface area contributed by atoms with Gasteiger partial charge in [-0.05, 0) is 36.6 Å². The Balaban J connectivity index is 2.35. The number of amides is 1. The molecule has 0 unspecified atom stereocenters. The van der Waals surface area contributed by atoms with E-state index in [0.29, 0.717) is 13.0 Å². The summed E-state index contributed by atoms with van der Waals surface area (Å²) in [6.45, 7) is 2.09. The summed E-state index contributed by atoms with van der Waals surface area (Å²) in [6, 6.07) is 4.34. The minimum absolute atomic E-state index is 0.0808. The van der Waals surface area contributed by atoms with Crippen LogP contribution in [0.2, 0.25) is 0 Å². The third-order valence-electron chi connectivity index (χ3n) is 2.75. The van der Waals surface area contributed by atoms with Crippen molar-refractivity contribution in [3.63, 3.8) is 0 Å². The summed E-state index contributed by atoms with van der Waals surface area (Å²) in [6.07, 6.45) is 1.47. The van der Waals surface area contributed by atoms with E-state index in [0.717, 1.165) is 17.7 Å².